The van der Waals surface area contributed by atoms with E-state index in [-0.39, 0.29) is 17.4 Å². The highest BCUT2D eigenvalue weighted by Gasteiger charge is 2.32. The summed E-state index contributed by atoms with van der Waals surface area (Å²) in [5.41, 5.74) is 4.66. The number of halogens is 2. The molecule has 2 aromatic rings. The molecule has 4 heterocycles. The summed E-state index contributed by atoms with van der Waals surface area (Å²) < 4.78 is 36.5. The Balaban J connectivity index is 1.49. The molecule has 0 spiro atoms. The highest BCUT2D eigenvalue weighted by Crippen LogP contribution is 2.33. The number of aromatic nitrogens is 2. The number of carbonyl (C=O) groups is 1. The number of anilines is 1. The summed E-state index contributed by atoms with van der Waals surface area (Å²) in [7, 11) is 0. The molecule has 1 saturated heterocycles. The highest BCUT2D eigenvalue weighted by atomic mass is 19.1. The average molecular weight is 512 g/mol. The molecule has 196 valence electrons. The monoisotopic (exact) mass is 511 g/mol. The van der Waals surface area contributed by atoms with Crippen LogP contribution in [0.3, 0.4) is 0 Å². The second kappa shape index (κ2) is 9.38. The Kier molecular flexibility index (Phi) is 6.36. The molecule has 0 radical (unpaired) electrons. The van der Waals surface area contributed by atoms with Gasteiger partial charge >= 0.3 is 0 Å². The molecule has 1 aromatic carbocycles. The Morgan fingerprint density at radius 2 is 1.92 bits per heavy atom. The van der Waals surface area contributed by atoms with Crippen molar-refractivity contribution in [2.45, 2.75) is 46.3 Å². The first-order valence-corrected chi connectivity index (χ1v) is 12.3. The van der Waals surface area contributed by atoms with Crippen LogP contribution < -0.4 is 10.7 Å². The number of hydrazine groups is 1. The summed E-state index contributed by atoms with van der Waals surface area (Å²) in [4.78, 5) is 19.8. The number of morpholine rings is 1. The maximum absolute atomic E-state index is 15.0. The third kappa shape index (κ3) is 4.76. The number of rotatable bonds is 4. The quantitative estimate of drug-likeness (QED) is 0.652. The van der Waals surface area contributed by atoms with E-state index in [1.54, 1.807) is 26.8 Å². The summed E-state index contributed by atoms with van der Waals surface area (Å²) in [6, 6.07) is 2.95. The van der Waals surface area contributed by atoms with Crippen LogP contribution in [-0.4, -0.2) is 63.9 Å². The second-order valence-electron chi connectivity index (χ2n) is 10.4. The van der Waals surface area contributed by atoms with E-state index in [0.29, 0.717) is 18.8 Å². The number of aliphatic imine (C=N–C) groups is 1. The van der Waals surface area contributed by atoms with Crippen LogP contribution >= 0.6 is 0 Å². The van der Waals surface area contributed by atoms with Crippen LogP contribution in [-0.2, 0) is 10.3 Å². The molecule has 2 N–H and O–H groups in total. The third-order valence-corrected chi connectivity index (χ3v) is 6.47. The zero-order chi connectivity index (χ0) is 26.5. The lowest BCUT2D eigenvalue weighted by Crippen LogP contribution is -2.48. The molecule has 3 aliphatic heterocycles. The molecule has 5 rings (SSSR count). The van der Waals surface area contributed by atoms with Gasteiger partial charge in [-0.25, -0.2) is 24.5 Å². The number of nitrogens with zero attached hydrogens (tertiary/aromatic N) is 5. The molecule has 1 fully saturated rings. The fraction of sp³-hybridized carbons (Fsp3) is 0.423. The molecule has 1 amide bonds. The molecule has 11 heteroatoms. The SMILES string of the molecule is Cc1cc(F)c(NC(=O)c2cnn(C(C)(C)C)c2F)cc1C1=CC2=NC(C)NN2C(N2CCOCC2)=C1. The van der Waals surface area contributed by atoms with Gasteiger partial charge in [0.15, 0.2) is 0 Å². The lowest BCUT2D eigenvalue weighted by molar-refractivity contribution is 0.0403. The number of allylic oxidation sites excluding steroid dienone is 2. The molecular formula is C26H31F2N7O2. The minimum Gasteiger partial charge on any atom is -0.378 e. The van der Waals surface area contributed by atoms with Gasteiger partial charge in [-0.2, -0.15) is 9.49 Å². The van der Waals surface area contributed by atoms with Gasteiger partial charge in [0.1, 0.15) is 29.2 Å². The summed E-state index contributed by atoms with van der Waals surface area (Å²) in [5.74, 6) is -0.477. The van der Waals surface area contributed by atoms with Gasteiger partial charge < -0.3 is 15.0 Å². The number of amidine groups is 1. The van der Waals surface area contributed by atoms with E-state index in [1.165, 1.54) is 6.07 Å². The number of nitrogens with one attached hydrogen (secondary N) is 2. The van der Waals surface area contributed by atoms with E-state index in [4.69, 9.17) is 4.74 Å². The van der Waals surface area contributed by atoms with Crippen molar-refractivity contribution >= 4 is 23.0 Å². The van der Waals surface area contributed by atoms with Crippen LogP contribution in [0, 0.1) is 18.7 Å². The molecule has 37 heavy (non-hydrogen) atoms. The number of hydrogen-bond acceptors (Lipinski definition) is 7. The van der Waals surface area contributed by atoms with E-state index in [9.17, 15) is 13.6 Å². The first-order chi connectivity index (χ1) is 17.5. The molecule has 1 aromatic heterocycles. The fourth-order valence-corrected chi connectivity index (χ4v) is 4.61. The first-order valence-electron chi connectivity index (χ1n) is 12.3. The molecule has 9 nitrogen and oxygen atoms in total. The Labute approximate surface area is 214 Å². The van der Waals surface area contributed by atoms with Gasteiger partial charge in [0, 0.05) is 13.1 Å². The number of hydrogen-bond donors (Lipinski definition) is 2. The number of aryl methyl sites for hydroxylation is 1. The van der Waals surface area contributed by atoms with Crippen molar-refractivity contribution in [3.05, 3.63) is 64.8 Å². The normalized spacial score (nSPS) is 19.9. The standard InChI is InChI=1S/C26H31F2N7O2/c1-15-10-20(27)21(31-25(36)19-14-29-35(24(19)28)26(3,4)5)13-18(15)17-11-22-30-16(2)32-34(22)23(12-17)33-6-8-37-9-7-33/h10-14,16,32H,6-9H2,1-5H3,(H,31,36). The van der Waals surface area contributed by atoms with Crippen molar-refractivity contribution in [1.82, 2.24) is 25.1 Å². The number of carbonyl (C=O) groups excluding carboxylic acids is 1. The Hall–Kier alpha value is -3.57. The second-order valence-corrected chi connectivity index (χ2v) is 10.4. The zero-order valence-electron chi connectivity index (χ0n) is 21.6. The van der Waals surface area contributed by atoms with E-state index in [2.05, 4.69) is 25.7 Å². The van der Waals surface area contributed by atoms with Crippen LogP contribution in [0.4, 0.5) is 14.5 Å². The van der Waals surface area contributed by atoms with Crippen LogP contribution in [0.1, 0.15) is 49.2 Å². The van der Waals surface area contributed by atoms with Crippen LogP contribution in [0.25, 0.3) is 5.57 Å². The van der Waals surface area contributed by atoms with Crippen molar-refractivity contribution in [3.8, 4) is 0 Å². The number of ether oxygens (including phenoxy) is 1. The molecule has 3 aliphatic rings. The zero-order valence-corrected chi connectivity index (χ0v) is 21.6. The predicted molar refractivity (Wildman–Crippen MR) is 137 cm³/mol. The van der Waals surface area contributed by atoms with Gasteiger partial charge in [-0.3, -0.25) is 4.79 Å². The number of amides is 1. The van der Waals surface area contributed by atoms with E-state index in [0.717, 1.165) is 46.8 Å². The largest absolute Gasteiger partial charge is 0.378 e. The molecular weight excluding hydrogens is 480 g/mol. The van der Waals surface area contributed by atoms with Gasteiger partial charge in [0.25, 0.3) is 5.91 Å². The maximum Gasteiger partial charge on any atom is 0.262 e. The third-order valence-electron chi connectivity index (χ3n) is 6.47. The summed E-state index contributed by atoms with van der Waals surface area (Å²) in [5, 5.41) is 8.49. The van der Waals surface area contributed by atoms with Crippen molar-refractivity contribution in [2.24, 2.45) is 4.99 Å². The predicted octanol–water partition coefficient (Wildman–Crippen LogP) is 3.61. The summed E-state index contributed by atoms with van der Waals surface area (Å²) >= 11 is 0. The lowest BCUT2D eigenvalue weighted by Gasteiger charge is -2.37. The highest BCUT2D eigenvalue weighted by molar-refractivity contribution is 6.06. The summed E-state index contributed by atoms with van der Waals surface area (Å²) in [6.45, 7) is 11.8. The van der Waals surface area contributed by atoms with Gasteiger partial charge in [0.2, 0.25) is 5.95 Å². The van der Waals surface area contributed by atoms with Gasteiger partial charge in [0.05, 0.1) is 30.6 Å². The first kappa shape index (κ1) is 25.1. The Bertz CT molecular complexity index is 1330. The van der Waals surface area contributed by atoms with E-state index >= 15 is 0 Å². The summed E-state index contributed by atoms with van der Waals surface area (Å²) in [6.07, 6.45) is 5.02. The van der Waals surface area contributed by atoms with Gasteiger partial charge in [-0.05, 0) is 75.6 Å². The van der Waals surface area contributed by atoms with Gasteiger partial charge in [-0.1, -0.05) is 0 Å². The molecule has 1 atom stereocenters. The van der Waals surface area contributed by atoms with Gasteiger partial charge in [-0.15, -0.1) is 0 Å². The molecule has 0 aliphatic carbocycles. The average Bonchev–Trinajstić information content (AvgIpc) is 3.42. The minimum absolute atomic E-state index is 0.0435. The molecule has 0 bridgehead atoms. The van der Waals surface area contributed by atoms with E-state index < -0.39 is 23.2 Å². The van der Waals surface area contributed by atoms with E-state index in [1.807, 2.05) is 31.0 Å². The van der Waals surface area contributed by atoms with Crippen molar-refractivity contribution in [2.75, 3.05) is 31.6 Å². The van der Waals surface area contributed by atoms with Crippen molar-refractivity contribution in [3.63, 3.8) is 0 Å². The van der Waals surface area contributed by atoms with Crippen LogP contribution in [0.5, 0.6) is 0 Å². The minimum atomic E-state index is -0.772. The topological polar surface area (TPSA) is 87.0 Å². The van der Waals surface area contributed by atoms with Crippen molar-refractivity contribution < 1.29 is 18.3 Å². The number of benzene rings is 1. The molecule has 0 saturated carbocycles. The van der Waals surface area contributed by atoms with Crippen LogP contribution in [0.2, 0.25) is 0 Å². The molecule has 1 unspecified atom stereocenters. The fourth-order valence-electron chi connectivity index (χ4n) is 4.61. The smallest absolute Gasteiger partial charge is 0.262 e. The number of fused-ring (bicyclic) bond motifs is 1. The van der Waals surface area contributed by atoms with Crippen LogP contribution in [0.15, 0.2) is 41.3 Å². The Morgan fingerprint density at radius 1 is 1.19 bits per heavy atom. The van der Waals surface area contributed by atoms with Crippen molar-refractivity contribution in [1.29, 1.82) is 0 Å². The maximum atomic E-state index is 15.0. The Morgan fingerprint density at radius 3 is 2.59 bits per heavy atom. The lowest BCUT2D eigenvalue weighted by atomic mass is 9.96.